The lowest BCUT2D eigenvalue weighted by Crippen LogP contribution is -2.31. The molecule has 2 aromatic carbocycles. The van der Waals surface area contributed by atoms with E-state index in [9.17, 15) is 18.0 Å². The van der Waals surface area contributed by atoms with Gasteiger partial charge >= 0.3 is 12.3 Å². The zero-order valence-electron chi connectivity index (χ0n) is 14.1. The Morgan fingerprint density at radius 2 is 1.65 bits per heavy atom. The molecule has 0 unspecified atom stereocenters. The zero-order chi connectivity index (χ0) is 19.0. The van der Waals surface area contributed by atoms with Gasteiger partial charge in [-0.15, -0.1) is 8.78 Å². The number of benzene rings is 2. The van der Waals surface area contributed by atoms with Gasteiger partial charge in [-0.3, -0.25) is 4.39 Å². The number of halogens is 3. The molecular weight excluding hydrogens is 345 g/mol. The summed E-state index contributed by atoms with van der Waals surface area (Å²) in [5, 5.41) is 0. The maximum absolute atomic E-state index is 13.8. The molecule has 0 saturated heterocycles. The highest BCUT2D eigenvalue weighted by Crippen LogP contribution is 2.26. The number of hydrogen-bond acceptors (Lipinski definition) is 3. The lowest BCUT2D eigenvalue weighted by molar-refractivity contribution is -0.331. The van der Waals surface area contributed by atoms with Crippen molar-refractivity contribution in [3.05, 3.63) is 72.3 Å². The van der Waals surface area contributed by atoms with Gasteiger partial charge in [0.05, 0.1) is 12.2 Å². The number of ether oxygens (including phenoxy) is 2. The third-order valence-electron chi connectivity index (χ3n) is 3.59. The average Bonchev–Trinajstić information content (AvgIpc) is 2.63. The molecule has 0 aliphatic carbocycles. The normalized spacial score (nSPS) is 11.0. The minimum Gasteiger partial charge on any atom is -0.399 e. The summed E-state index contributed by atoms with van der Waals surface area (Å²) in [6, 6.07) is 14.0. The molecule has 2 aromatic rings. The van der Waals surface area contributed by atoms with Crippen LogP contribution in [0.4, 0.5) is 13.2 Å². The molecular formula is C20H19F3O3. The van der Waals surface area contributed by atoms with Crippen LogP contribution in [0.15, 0.2) is 61.2 Å². The van der Waals surface area contributed by atoms with Crippen molar-refractivity contribution in [1.82, 2.24) is 0 Å². The van der Waals surface area contributed by atoms with Crippen molar-refractivity contribution in [2.45, 2.75) is 25.6 Å². The molecule has 0 N–H and O–H groups in total. The molecule has 0 amide bonds. The van der Waals surface area contributed by atoms with Gasteiger partial charge in [-0.1, -0.05) is 49.0 Å². The molecule has 138 valence electrons. The minimum atomic E-state index is -4.13. The van der Waals surface area contributed by atoms with Crippen molar-refractivity contribution in [1.29, 1.82) is 0 Å². The third-order valence-corrected chi connectivity index (χ3v) is 3.59. The molecule has 0 aliphatic heterocycles. The predicted octanol–water partition coefficient (Wildman–Crippen LogP) is 5.16. The Morgan fingerprint density at radius 3 is 2.27 bits per heavy atom. The third kappa shape index (κ3) is 5.95. The fourth-order valence-corrected chi connectivity index (χ4v) is 2.23. The molecule has 0 radical (unpaired) electrons. The van der Waals surface area contributed by atoms with E-state index in [-0.39, 0.29) is 18.0 Å². The Morgan fingerprint density at radius 1 is 1.00 bits per heavy atom. The van der Waals surface area contributed by atoms with E-state index < -0.39 is 12.3 Å². The van der Waals surface area contributed by atoms with Crippen LogP contribution in [0.3, 0.4) is 0 Å². The smallest absolute Gasteiger partial charge is 0.399 e. The fraction of sp³-hybridized carbons (Fsp3) is 0.250. The van der Waals surface area contributed by atoms with Crippen LogP contribution in [-0.2, 0) is 16.0 Å². The Labute approximate surface area is 150 Å². The summed E-state index contributed by atoms with van der Waals surface area (Å²) in [7, 11) is 0. The highest BCUT2D eigenvalue weighted by atomic mass is 19.3. The molecule has 26 heavy (non-hydrogen) atoms. The van der Waals surface area contributed by atoms with E-state index >= 15 is 0 Å². The van der Waals surface area contributed by atoms with Crippen LogP contribution in [0.2, 0.25) is 0 Å². The quantitative estimate of drug-likeness (QED) is 0.267. The van der Waals surface area contributed by atoms with Crippen molar-refractivity contribution in [3.8, 4) is 5.75 Å². The molecule has 0 heterocycles. The number of carbonyl (C=O) groups is 1. The molecule has 2 rings (SSSR count). The van der Waals surface area contributed by atoms with Crippen molar-refractivity contribution >= 4 is 11.5 Å². The Balaban J connectivity index is 1.93. The lowest BCUT2D eigenvalue weighted by atomic mass is 10.1. The van der Waals surface area contributed by atoms with Crippen LogP contribution >= 0.6 is 0 Å². The van der Waals surface area contributed by atoms with Crippen molar-refractivity contribution in [2.24, 2.45) is 0 Å². The topological polar surface area (TPSA) is 35.5 Å². The molecule has 0 atom stereocenters. The molecule has 0 spiro atoms. The van der Waals surface area contributed by atoms with Gasteiger partial charge in [-0.2, -0.15) is 0 Å². The van der Waals surface area contributed by atoms with Crippen molar-refractivity contribution in [2.75, 3.05) is 6.67 Å². The molecule has 0 saturated carbocycles. The molecule has 0 fully saturated rings. The maximum Gasteiger partial charge on any atom is 0.588 e. The summed E-state index contributed by atoms with van der Waals surface area (Å²) in [4.78, 5) is 11.8. The Hall–Kier alpha value is -2.76. The monoisotopic (exact) mass is 364 g/mol. The van der Waals surface area contributed by atoms with Crippen LogP contribution in [0.5, 0.6) is 5.75 Å². The van der Waals surface area contributed by atoms with Crippen molar-refractivity contribution < 1.29 is 27.4 Å². The maximum atomic E-state index is 13.8. The predicted molar refractivity (Wildman–Crippen MR) is 92.5 cm³/mol. The summed E-state index contributed by atoms with van der Waals surface area (Å²) in [6.45, 7) is 3.09. The van der Waals surface area contributed by atoms with E-state index in [1.807, 2.05) is 0 Å². The van der Waals surface area contributed by atoms with Gasteiger partial charge in [0.15, 0.2) is 0 Å². The number of rotatable bonds is 9. The van der Waals surface area contributed by atoms with Gasteiger partial charge in [0, 0.05) is 0 Å². The first-order valence-electron chi connectivity index (χ1n) is 8.11. The fourth-order valence-electron chi connectivity index (χ4n) is 2.23. The Bertz CT molecular complexity index is 728. The van der Waals surface area contributed by atoms with Crippen LogP contribution in [-0.4, -0.2) is 18.9 Å². The van der Waals surface area contributed by atoms with Gasteiger partial charge in [0.25, 0.3) is 0 Å². The summed E-state index contributed by atoms with van der Waals surface area (Å²) in [5.41, 5.74) is 1.06. The highest BCUT2D eigenvalue weighted by Gasteiger charge is 2.39. The molecule has 0 aromatic heterocycles. The lowest BCUT2D eigenvalue weighted by Gasteiger charge is -2.18. The van der Waals surface area contributed by atoms with Crippen LogP contribution in [0.25, 0.3) is 5.57 Å². The van der Waals surface area contributed by atoms with E-state index in [1.54, 1.807) is 42.5 Å². The van der Waals surface area contributed by atoms with E-state index in [4.69, 9.17) is 0 Å². The van der Waals surface area contributed by atoms with E-state index in [0.717, 1.165) is 5.56 Å². The first kappa shape index (κ1) is 19.6. The number of hydrogen-bond donors (Lipinski definition) is 0. The highest BCUT2D eigenvalue weighted by molar-refractivity contribution is 6.15. The largest absolute Gasteiger partial charge is 0.588 e. The second-order valence-electron chi connectivity index (χ2n) is 5.59. The van der Waals surface area contributed by atoms with Gasteiger partial charge in [0.2, 0.25) is 0 Å². The molecule has 0 bridgehead atoms. The number of esters is 1. The number of carbonyl (C=O) groups excluding carboxylic acids is 1. The second kappa shape index (κ2) is 9.08. The van der Waals surface area contributed by atoms with Gasteiger partial charge in [0.1, 0.15) is 5.75 Å². The molecule has 0 aliphatic rings. The summed E-state index contributed by atoms with van der Waals surface area (Å²) in [6.07, 6.45) is -2.36. The Kier molecular flexibility index (Phi) is 6.83. The number of unbranched alkanes of at least 4 members (excludes halogenated alkanes) is 1. The van der Waals surface area contributed by atoms with Crippen molar-refractivity contribution in [3.63, 3.8) is 0 Å². The van der Waals surface area contributed by atoms with Crippen LogP contribution < -0.4 is 4.74 Å². The summed E-state index contributed by atoms with van der Waals surface area (Å²) in [5.74, 6) is -1.42. The number of aryl methyl sites for hydroxylation is 1. The number of alkyl halides is 3. The first-order valence-corrected chi connectivity index (χ1v) is 8.11. The minimum absolute atomic E-state index is 0.151. The summed E-state index contributed by atoms with van der Waals surface area (Å²) >= 11 is 0. The SMILES string of the molecule is C=C(C(=O)OC(F)(F)Oc1ccc(CCCCF)cc1)c1ccccc1. The van der Waals surface area contributed by atoms with Crippen LogP contribution in [0, 0.1) is 0 Å². The van der Waals surface area contributed by atoms with Gasteiger partial charge < -0.3 is 9.47 Å². The zero-order valence-corrected chi connectivity index (χ0v) is 14.1. The summed E-state index contributed by atoms with van der Waals surface area (Å²) < 4.78 is 48.3. The van der Waals surface area contributed by atoms with Gasteiger partial charge in [-0.25, -0.2) is 4.79 Å². The molecule has 6 heteroatoms. The van der Waals surface area contributed by atoms with E-state index in [0.29, 0.717) is 24.8 Å². The first-order chi connectivity index (χ1) is 12.4. The standard InChI is InChI=1S/C20H19F3O3/c1-15(17-8-3-2-4-9-17)19(24)26-20(22,23)25-18-12-10-16(11-13-18)7-5-6-14-21/h2-4,8-13H,1,5-7,14H2. The molecule has 3 nitrogen and oxygen atoms in total. The average molecular weight is 364 g/mol. The van der Waals surface area contributed by atoms with E-state index in [2.05, 4.69) is 16.1 Å². The van der Waals surface area contributed by atoms with Gasteiger partial charge in [-0.05, 0) is 42.5 Å². The van der Waals surface area contributed by atoms with Crippen LogP contribution in [0.1, 0.15) is 24.0 Å². The van der Waals surface area contributed by atoms with E-state index in [1.165, 1.54) is 12.1 Å². The second-order valence-corrected chi connectivity index (χ2v) is 5.59.